The topological polar surface area (TPSA) is 51.2 Å². The van der Waals surface area contributed by atoms with Crippen molar-refractivity contribution in [2.45, 2.75) is 6.61 Å². The third-order valence-corrected chi connectivity index (χ3v) is 5.76. The fraction of sp³-hybridized carbons (Fsp3) is 0.0556. The van der Waals surface area contributed by atoms with Gasteiger partial charge in [0.1, 0.15) is 18.2 Å². The second-order valence-electron chi connectivity index (χ2n) is 5.16. The summed E-state index contributed by atoms with van der Waals surface area (Å²) in [6.07, 6.45) is 3.13. The van der Waals surface area contributed by atoms with E-state index in [-0.39, 0.29) is 11.7 Å². The van der Waals surface area contributed by atoms with E-state index in [0.717, 1.165) is 11.1 Å². The van der Waals surface area contributed by atoms with Gasteiger partial charge >= 0.3 is 0 Å². The van der Waals surface area contributed by atoms with E-state index in [1.54, 1.807) is 18.2 Å². The average molecular weight is 405 g/mol. The largest absolute Gasteiger partial charge is 0.489 e. The molecule has 2 aromatic carbocycles. The zero-order chi connectivity index (χ0) is 18.4. The SMILES string of the molecule is O=C(C=Cc1ccc(OCc2ccc(F)cc2)cc1)Nc1nc(=S)ss1. The van der Waals surface area contributed by atoms with Crippen LogP contribution in [0.4, 0.5) is 9.52 Å². The Bertz CT molecular complexity index is 963. The van der Waals surface area contributed by atoms with E-state index in [4.69, 9.17) is 17.0 Å². The molecule has 0 spiro atoms. The molecule has 0 bridgehead atoms. The fourth-order valence-electron chi connectivity index (χ4n) is 1.99. The Morgan fingerprint density at radius 2 is 1.88 bits per heavy atom. The maximum Gasteiger partial charge on any atom is 0.250 e. The molecule has 4 nitrogen and oxygen atoms in total. The van der Waals surface area contributed by atoms with Gasteiger partial charge in [0.15, 0.2) is 3.95 Å². The number of carbonyl (C=O) groups is 1. The number of nitrogens with one attached hydrogen (secondary N) is 1. The molecule has 1 heterocycles. The predicted octanol–water partition coefficient (Wildman–Crippen LogP) is 5.30. The highest BCUT2D eigenvalue weighted by molar-refractivity contribution is 7.79. The third kappa shape index (κ3) is 5.55. The van der Waals surface area contributed by atoms with Crippen molar-refractivity contribution in [3.8, 4) is 5.75 Å². The van der Waals surface area contributed by atoms with E-state index in [9.17, 15) is 9.18 Å². The molecule has 3 rings (SSSR count). The highest BCUT2D eigenvalue weighted by Crippen LogP contribution is 2.19. The first-order chi connectivity index (χ1) is 12.6. The molecule has 1 amide bonds. The van der Waals surface area contributed by atoms with E-state index in [2.05, 4.69) is 10.3 Å². The number of benzene rings is 2. The molecule has 0 radical (unpaired) electrons. The summed E-state index contributed by atoms with van der Waals surface area (Å²) >= 11 is 4.92. The maximum atomic E-state index is 12.9. The summed E-state index contributed by atoms with van der Waals surface area (Å²) in [6, 6.07) is 13.5. The summed E-state index contributed by atoms with van der Waals surface area (Å²) in [5.74, 6) is 0.158. The number of aromatic nitrogens is 1. The van der Waals surface area contributed by atoms with Crippen molar-refractivity contribution < 1.29 is 13.9 Å². The van der Waals surface area contributed by atoms with Gasteiger partial charge in [0.25, 0.3) is 0 Å². The number of hydrogen-bond donors (Lipinski definition) is 1. The first kappa shape index (κ1) is 18.4. The fourth-order valence-corrected chi connectivity index (χ4v) is 3.85. The molecule has 3 aromatic rings. The first-order valence-corrected chi connectivity index (χ1v) is 10.1. The molecule has 0 saturated carbocycles. The molecular weight excluding hydrogens is 391 g/mol. The normalized spacial score (nSPS) is 10.8. The number of carbonyl (C=O) groups excluding carboxylic acids is 1. The lowest BCUT2D eigenvalue weighted by atomic mass is 10.2. The number of hydrogen-bond acceptors (Lipinski definition) is 6. The van der Waals surface area contributed by atoms with Crippen LogP contribution >= 0.6 is 32.9 Å². The number of rotatable bonds is 6. The van der Waals surface area contributed by atoms with Crippen LogP contribution < -0.4 is 10.1 Å². The van der Waals surface area contributed by atoms with Crippen LogP contribution in [0.15, 0.2) is 54.6 Å². The van der Waals surface area contributed by atoms with E-state index in [1.165, 1.54) is 38.9 Å². The molecule has 0 aliphatic carbocycles. The number of ether oxygens (including phenoxy) is 1. The van der Waals surface area contributed by atoms with Gasteiger partial charge in [0.05, 0.1) is 0 Å². The van der Waals surface area contributed by atoms with Crippen LogP contribution in [0.1, 0.15) is 11.1 Å². The zero-order valence-corrected chi connectivity index (χ0v) is 15.8. The van der Waals surface area contributed by atoms with E-state index >= 15 is 0 Å². The Labute approximate surface area is 162 Å². The van der Waals surface area contributed by atoms with Crippen molar-refractivity contribution in [3.05, 3.63) is 75.5 Å². The zero-order valence-electron chi connectivity index (χ0n) is 13.3. The van der Waals surface area contributed by atoms with Gasteiger partial charge in [-0.15, -0.1) is 0 Å². The van der Waals surface area contributed by atoms with E-state index in [0.29, 0.717) is 21.4 Å². The van der Waals surface area contributed by atoms with Crippen LogP contribution in [0.2, 0.25) is 0 Å². The van der Waals surface area contributed by atoms with Crippen LogP contribution in [-0.2, 0) is 11.4 Å². The highest BCUT2D eigenvalue weighted by atomic mass is 32.9. The molecule has 26 heavy (non-hydrogen) atoms. The minimum atomic E-state index is -0.269. The summed E-state index contributed by atoms with van der Waals surface area (Å²) in [5.41, 5.74) is 1.75. The summed E-state index contributed by atoms with van der Waals surface area (Å²) in [4.78, 5) is 15.8. The number of halogens is 1. The Hall–Kier alpha value is -2.42. The van der Waals surface area contributed by atoms with Crippen LogP contribution in [0.25, 0.3) is 6.08 Å². The Morgan fingerprint density at radius 1 is 1.15 bits per heavy atom. The van der Waals surface area contributed by atoms with Crippen molar-refractivity contribution >= 4 is 50.0 Å². The number of amides is 1. The van der Waals surface area contributed by atoms with Gasteiger partial charge in [0.2, 0.25) is 11.0 Å². The molecule has 1 aromatic heterocycles. The Kier molecular flexibility index (Phi) is 6.21. The van der Waals surface area contributed by atoms with Gasteiger partial charge in [-0.25, -0.2) is 4.39 Å². The smallest absolute Gasteiger partial charge is 0.250 e. The van der Waals surface area contributed by atoms with E-state index < -0.39 is 0 Å². The van der Waals surface area contributed by atoms with Crippen LogP contribution in [0, 0.1) is 9.77 Å². The van der Waals surface area contributed by atoms with Crippen LogP contribution in [0.5, 0.6) is 5.75 Å². The van der Waals surface area contributed by atoms with Crippen LogP contribution in [0.3, 0.4) is 0 Å². The Morgan fingerprint density at radius 3 is 2.54 bits per heavy atom. The first-order valence-electron chi connectivity index (χ1n) is 7.52. The van der Waals surface area contributed by atoms with Gasteiger partial charge < -0.3 is 4.74 Å². The van der Waals surface area contributed by atoms with E-state index in [1.807, 2.05) is 24.3 Å². The monoisotopic (exact) mass is 404 g/mol. The van der Waals surface area contributed by atoms with Crippen molar-refractivity contribution in [1.29, 1.82) is 0 Å². The Balaban J connectivity index is 1.52. The van der Waals surface area contributed by atoms with Gasteiger partial charge in [-0.1, -0.05) is 24.3 Å². The van der Waals surface area contributed by atoms with Crippen molar-refractivity contribution in [3.63, 3.8) is 0 Å². The second-order valence-corrected chi connectivity index (χ2v) is 7.91. The van der Waals surface area contributed by atoms with Crippen LogP contribution in [-0.4, -0.2) is 10.9 Å². The highest BCUT2D eigenvalue weighted by Gasteiger charge is 2.02. The molecule has 0 unspecified atom stereocenters. The summed E-state index contributed by atoms with van der Waals surface area (Å²) in [7, 11) is 2.67. The number of nitrogens with zero attached hydrogens (tertiary/aromatic N) is 1. The quantitative estimate of drug-likeness (QED) is 0.344. The standard InChI is InChI=1S/C18H13FN2O2S3/c19-14-6-1-13(2-7-14)11-23-15-8-3-12(4-9-15)5-10-16(22)20-17-21-18(24)26-25-17/h1-10H,11H2,(H,20,21,22,24). The van der Waals surface area contributed by atoms with Gasteiger partial charge in [-0.05, 0) is 74.4 Å². The minimum Gasteiger partial charge on any atom is -0.489 e. The minimum absolute atomic E-state index is 0.266. The maximum absolute atomic E-state index is 12.9. The van der Waals surface area contributed by atoms with Gasteiger partial charge in [-0.3, -0.25) is 10.1 Å². The lowest BCUT2D eigenvalue weighted by molar-refractivity contribution is -0.111. The van der Waals surface area contributed by atoms with Crippen molar-refractivity contribution in [1.82, 2.24) is 4.98 Å². The molecule has 0 aliphatic heterocycles. The molecule has 0 aliphatic rings. The average Bonchev–Trinajstić information content (AvgIpc) is 3.05. The summed E-state index contributed by atoms with van der Waals surface area (Å²) < 4.78 is 19.0. The predicted molar refractivity (Wildman–Crippen MR) is 106 cm³/mol. The summed E-state index contributed by atoms with van der Waals surface area (Å²) in [6.45, 7) is 0.359. The molecule has 1 N–H and O–H groups in total. The second kappa shape index (κ2) is 8.79. The molecule has 132 valence electrons. The molecule has 0 saturated heterocycles. The number of anilines is 1. The van der Waals surface area contributed by atoms with Gasteiger partial charge in [-0.2, -0.15) is 4.98 Å². The lowest BCUT2D eigenvalue weighted by Crippen LogP contribution is -2.07. The molecule has 0 fully saturated rings. The molecule has 0 atom stereocenters. The lowest BCUT2D eigenvalue weighted by Gasteiger charge is -2.06. The van der Waals surface area contributed by atoms with Crippen molar-refractivity contribution in [2.24, 2.45) is 0 Å². The summed E-state index contributed by atoms with van der Waals surface area (Å²) in [5, 5.41) is 3.16. The third-order valence-electron chi connectivity index (χ3n) is 3.24. The molecular formula is C18H13FN2O2S3. The molecule has 8 heteroatoms. The van der Waals surface area contributed by atoms with Gasteiger partial charge in [0, 0.05) is 6.08 Å². The van der Waals surface area contributed by atoms with Crippen molar-refractivity contribution in [2.75, 3.05) is 5.32 Å².